The van der Waals surface area contributed by atoms with E-state index in [1.165, 1.54) is 0 Å². The Balaban J connectivity index is 0.00000225. The molecule has 1 aliphatic rings. The van der Waals surface area contributed by atoms with Crippen molar-refractivity contribution in [2.75, 3.05) is 19.7 Å². The Morgan fingerprint density at radius 3 is 2.44 bits per heavy atom. The van der Waals surface area contributed by atoms with Gasteiger partial charge in [0, 0.05) is 6.54 Å². The molecule has 0 aromatic heterocycles. The maximum Gasteiger partial charge on any atom is 0.225 e. The van der Waals surface area contributed by atoms with Crippen LogP contribution < -0.4 is 15.4 Å². The molecule has 1 saturated heterocycles. The van der Waals surface area contributed by atoms with Gasteiger partial charge >= 0.3 is 0 Å². The SMILES string of the molecule is CCOc1ccc(C(NC(=O)C2CCNC2)c2ccccc2)cc1.Cl. The lowest BCUT2D eigenvalue weighted by Gasteiger charge is -2.22. The average Bonchev–Trinajstić information content (AvgIpc) is 3.16. The summed E-state index contributed by atoms with van der Waals surface area (Å²) in [5, 5.41) is 6.47. The Kier molecular flexibility index (Phi) is 7.29. The maximum atomic E-state index is 12.6. The lowest BCUT2D eigenvalue weighted by molar-refractivity contribution is -0.124. The quantitative estimate of drug-likeness (QED) is 0.830. The predicted molar refractivity (Wildman–Crippen MR) is 102 cm³/mol. The summed E-state index contributed by atoms with van der Waals surface area (Å²) in [7, 11) is 0. The van der Waals surface area contributed by atoms with Gasteiger partial charge in [-0.25, -0.2) is 0 Å². The van der Waals surface area contributed by atoms with Crippen LogP contribution in [0.25, 0.3) is 0 Å². The van der Waals surface area contributed by atoms with Crippen LogP contribution in [0.4, 0.5) is 0 Å². The number of halogens is 1. The van der Waals surface area contributed by atoms with Gasteiger partial charge in [0.05, 0.1) is 18.6 Å². The number of hydrogen-bond donors (Lipinski definition) is 2. The first-order valence-corrected chi connectivity index (χ1v) is 8.56. The molecule has 1 amide bonds. The summed E-state index contributed by atoms with van der Waals surface area (Å²) in [6, 6.07) is 17.9. The van der Waals surface area contributed by atoms with E-state index < -0.39 is 0 Å². The molecule has 1 fully saturated rings. The monoisotopic (exact) mass is 360 g/mol. The van der Waals surface area contributed by atoms with E-state index in [-0.39, 0.29) is 30.3 Å². The van der Waals surface area contributed by atoms with Crippen molar-refractivity contribution >= 4 is 18.3 Å². The smallest absolute Gasteiger partial charge is 0.225 e. The second kappa shape index (κ2) is 9.44. The average molecular weight is 361 g/mol. The standard InChI is InChI=1S/C20H24N2O2.ClH/c1-2-24-18-10-8-16(9-11-18)19(15-6-4-3-5-7-15)22-20(23)17-12-13-21-14-17;/h3-11,17,19,21H,2,12-14H2,1H3,(H,22,23);1H. The van der Waals surface area contributed by atoms with E-state index in [9.17, 15) is 4.79 Å². The van der Waals surface area contributed by atoms with Gasteiger partial charge in [-0.05, 0) is 43.1 Å². The molecule has 0 radical (unpaired) electrons. The molecule has 2 atom stereocenters. The molecule has 5 heteroatoms. The van der Waals surface area contributed by atoms with Gasteiger partial charge in [0.25, 0.3) is 0 Å². The summed E-state index contributed by atoms with van der Waals surface area (Å²) >= 11 is 0. The zero-order valence-corrected chi connectivity index (χ0v) is 15.2. The molecule has 2 aromatic carbocycles. The largest absolute Gasteiger partial charge is 0.494 e. The maximum absolute atomic E-state index is 12.6. The van der Waals surface area contributed by atoms with Crippen LogP contribution >= 0.6 is 12.4 Å². The number of carbonyl (C=O) groups is 1. The number of benzene rings is 2. The molecule has 134 valence electrons. The van der Waals surface area contributed by atoms with Crippen LogP contribution in [-0.2, 0) is 4.79 Å². The summed E-state index contributed by atoms with van der Waals surface area (Å²) in [6.07, 6.45) is 0.899. The summed E-state index contributed by atoms with van der Waals surface area (Å²) in [5.74, 6) is 1.01. The first-order valence-electron chi connectivity index (χ1n) is 8.56. The fraction of sp³-hybridized carbons (Fsp3) is 0.350. The zero-order valence-electron chi connectivity index (χ0n) is 14.4. The number of rotatable bonds is 6. The van der Waals surface area contributed by atoms with E-state index in [1.54, 1.807) is 0 Å². The highest BCUT2D eigenvalue weighted by atomic mass is 35.5. The molecule has 1 heterocycles. The van der Waals surface area contributed by atoms with Crippen LogP contribution in [0.3, 0.4) is 0 Å². The highest BCUT2D eigenvalue weighted by Gasteiger charge is 2.25. The molecule has 2 N–H and O–H groups in total. The van der Waals surface area contributed by atoms with Crippen LogP contribution in [0.5, 0.6) is 5.75 Å². The van der Waals surface area contributed by atoms with Crippen molar-refractivity contribution in [3.63, 3.8) is 0 Å². The van der Waals surface area contributed by atoms with Crippen molar-refractivity contribution in [2.45, 2.75) is 19.4 Å². The van der Waals surface area contributed by atoms with E-state index in [0.29, 0.717) is 6.61 Å². The van der Waals surface area contributed by atoms with Crippen molar-refractivity contribution in [3.8, 4) is 5.75 Å². The number of nitrogens with one attached hydrogen (secondary N) is 2. The van der Waals surface area contributed by atoms with E-state index in [1.807, 2.05) is 61.5 Å². The lowest BCUT2D eigenvalue weighted by atomic mass is 9.97. The van der Waals surface area contributed by atoms with Crippen LogP contribution in [0.15, 0.2) is 54.6 Å². The van der Waals surface area contributed by atoms with E-state index in [4.69, 9.17) is 4.74 Å². The molecule has 0 spiro atoms. The molecule has 25 heavy (non-hydrogen) atoms. The van der Waals surface area contributed by atoms with Gasteiger partial charge < -0.3 is 15.4 Å². The Morgan fingerprint density at radius 2 is 1.84 bits per heavy atom. The van der Waals surface area contributed by atoms with E-state index in [2.05, 4.69) is 10.6 Å². The molecule has 4 nitrogen and oxygen atoms in total. The van der Waals surface area contributed by atoms with Crippen molar-refractivity contribution in [3.05, 3.63) is 65.7 Å². The van der Waals surface area contributed by atoms with Crippen LogP contribution in [0, 0.1) is 5.92 Å². The van der Waals surface area contributed by atoms with Gasteiger partial charge in [-0.1, -0.05) is 42.5 Å². The minimum Gasteiger partial charge on any atom is -0.494 e. The minimum absolute atomic E-state index is 0. The second-order valence-corrected chi connectivity index (χ2v) is 6.04. The summed E-state index contributed by atoms with van der Waals surface area (Å²) in [5.41, 5.74) is 2.14. The van der Waals surface area contributed by atoms with Gasteiger partial charge in [-0.3, -0.25) is 4.79 Å². The first-order chi connectivity index (χ1) is 11.8. The van der Waals surface area contributed by atoms with Crippen molar-refractivity contribution in [2.24, 2.45) is 5.92 Å². The van der Waals surface area contributed by atoms with Gasteiger partial charge in [-0.2, -0.15) is 0 Å². The fourth-order valence-electron chi connectivity index (χ4n) is 3.07. The van der Waals surface area contributed by atoms with Crippen LogP contribution in [0.2, 0.25) is 0 Å². The Bertz CT molecular complexity index is 655. The summed E-state index contributed by atoms with van der Waals surface area (Å²) < 4.78 is 5.51. The molecule has 0 saturated carbocycles. The molecule has 0 aliphatic carbocycles. The predicted octanol–water partition coefficient (Wildman–Crippen LogP) is 3.32. The third-order valence-electron chi connectivity index (χ3n) is 4.38. The third kappa shape index (κ3) is 4.97. The van der Waals surface area contributed by atoms with E-state index in [0.717, 1.165) is 36.4 Å². The van der Waals surface area contributed by atoms with Gasteiger partial charge in [0.1, 0.15) is 5.75 Å². The van der Waals surface area contributed by atoms with Gasteiger partial charge in [-0.15, -0.1) is 12.4 Å². The second-order valence-electron chi connectivity index (χ2n) is 6.04. The number of hydrogen-bond acceptors (Lipinski definition) is 3. The van der Waals surface area contributed by atoms with Crippen molar-refractivity contribution in [1.82, 2.24) is 10.6 Å². The number of ether oxygens (including phenoxy) is 1. The fourth-order valence-corrected chi connectivity index (χ4v) is 3.07. The van der Waals surface area contributed by atoms with Crippen LogP contribution in [-0.4, -0.2) is 25.6 Å². The molecule has 1 aliphatic heterocycles. The van der Waals surface area contributed by atoms with E-state index >= 15 is 0 Å². The minimum atomic E-state index is -0.144. The van der Waals surface area contributed by atoms with Crippen molar-refractivity contribution in [1.29, 1.82) is 0 Å². The van der Waals surface area contributed by atoms with Crippen molar-refractivity contribution < 1.29 is 9.53 Å². The van der Waals surface area contributed by atoms with Gasteiger partial charge in [0.15, 0.2) is 0 Å². The number of carbonyl (C=O) groups excluding carboxylic acids is 1. The van der Waals surface area contributed by atoms with Crippen LogP contribution in [0.1, 0.15) is 30.5 Å². The lowest BCUT2D eigenvalue weighted by Crippen LogP contribution is -2.35. The Labute approximate surface area is 155 Å². The molecule has 2 unspecified atom stereocenters. The summed E-state index contributed by atoms with van der Waals surface area (Å²) in [4.78, 5) is 12.6. The van der Waals surface area contributed by atoms with Gasteiger partial charge in [0.2, 0.25) is 5.91 Å². The zero-order chi connectivity index (χ0) is 16.8. The molecule has 0 bridgehead atoms. The topological polar surface area (TPSA) is 50.4 Å². The highest BCUT2D eigenvalue weighted by molar-refractivity contribution is 5.85. The summed E-state index contributed by atoms with van der Waals surface area (Å²) in [6.45, 7) is 4.29. The first kappa shape index (κ1) is 19.3. The molecule has 3 rings (SSSR count). The Hall–Kier alpha value is -2.04. The number of amides is 1. The Morgan fingerprint density at radius 1 is 1.16 bits per heavy atom. The molecular weight excluding hydrogens is 336 g/mol. The molecule has 2 aromatic rings. The highest BCUT2D eigenvalue weighted by Crippen LogP contribution is 2.25. The normalized spacial score (nSPS) is 17.4. The third-order valence-corrected chi connectivity index (χ3v) is 4.38. The molecular formula is C20H25ClN2O2.